The molecule has 3 N–H and O–H groups in total. The van der Waals surface area contributed by atoms with Gasteiger partial charge in [0.15, 0.2) is 0 Å². The Morgan fingerprint density at radius 1 is 1.41 bits per heavy atom. The molecule has 1 aromatic rings. The Hall–Kier alpha value is -1.39. The van der Waals surface area contributed by atoms with Gasteiger partial charge in [-0.3, -0.25) is 4.79 Å². The highest BCUT2D eigenvalue weighted by Gasteiger charge is 2.19. The van der Waals surface area contributed by atoms with Gasteiger partial charge in [-0.1, -0.05) is 37.3 Å². The molecule has 0 heterocycles. The largest absolute Gasteiger partial charge is 0.395 e. The van der Waals surface area contributed by atoms with Gasteiger partial charge in [-0.05, 0) is 12.0 Å². The summed E-state index contributed by atoms with van der Waals surface area (Å²) >= 11 is 0. The summed E-state index contributed by atoms with van der Waals surface area (Å²) in [6.45, 7) is 2.65. The van der Waals surface area contributed by atoms with E-state index in [0.29, 0.717) is 19.5 Å². The number of rotatable bonds is 6. The first-order chi connectivity index (χ1) is 8.19. The molecule has 0 aliphatic rings. The molecule has 4 nitrogen and oxygen atoms in total. The minimum absolute atomic E-state index is 0.0466. The number of hydrogen-bond acceptors (Lipinski definition) is 3. The van der Waals surface area contributed by atoms with E-state index in [9.17, 15) is 4.79 Å². The van der Waals surface area contributed by atoms with Crippen molar-refractivity contribution in [2.24, 2.45) is 5.73 Å². The van der Waals surface area contributed by atoms with Crippen LogP contribution in [0.1, 0.15) is 18.9 Å². The zero-order valence-electron chi connectivity index (χ0n) is 10.2. The van der Waals surface area contributed by atoms with Crippen molar-refractivity contribution >= 4 is 5.91 Å². The molecular formula is C13H20N2O2. The Labute approximate surface area is 102 Å². The summed E-state index contributed by atoms with van der Waals surface area (Å²) in [6.07, 6.45) is 0.607. The van der Waals surface area contributed by atoms with Crippen LogP contribution in [0.2, 0.25) is 0 Å². The van der Waals surface area contributed by atoms with Crippen molar-refractivity contribution in [2.45, 2.75) is 25.9 Å². The number of aliphatic hydroxyl groups excluding tert-OH is 1. The highest BCUT2D eigenvalue weighted by Crippen LogP contribution is 2.06. The van der Waals surface area contributed by atoms with E-state index < -0.39 is 6.04 Å². The average Bonchev–Trinajstić information content (AvgIpc) is 2.37. The zero-order valence-corrected chi connectivity index (χ0v) is 10.2. The van der Waals surface area contributed by atoms with Gasteiger partial charge in [0.25, 0.3) is 0 Å². The lowest BCUT2D eigenvalue weighted by Crippen LogP contribution is -2.44. The first-order valence-electron chi connectivity index (χ1n) is 5.88. The van der Waals surface area contributed by atoms with Gasteiger partial charge in [0.1, 0.15) is 0 Å². The maximum absolute atomic E-state index is 12.0. The second-order valence-corrected chi connectivity index (χ2v) is 3.98. The maximum Gasteiger partial charge on any atom is 0.239 e. The number of aliphatic hydroxyl groups is 1. The summed E-state index contributed by atoms with van der Waals surface area (Å²) in [4.78, 5) is 13.6. The second kappa shape index (κ2) is 7.04. The van der Waals surface area contributed by atoms with Crippen LogP contribution in [0.15, 0.2) is 30.3 Å². The van der Waals surface area contributed by atoms with Crippen LogP contribution in [-0.2, 0) is 11.3 Å². The second-order valence-electron chi connectivity index (χ2n) is 3.98. The molecule has 0 fully saturated rings. The van der Waals surface area contributed by atoms with Gasteiger partial charge in [-0.15, -0.1) is 0 Å². The number of nitrogens with two attached hydrogens (primary N) is 1. The van der Waals surface area contributed by atoms with Crippen LogP contribution in [0, 0.1) is 0 Å². The Bertz CT molecular complexity index is 341. The van der Waals surface area contributed by atoms with Crippen LogP contribution in [0.25, 0.3) is 0 Å². The van der Waals surface area contributed by atoms with Gasteiger partial charge in [0.05, 0.1) is 12.6 Å². The van der Waals surface area contributed by atoms with Crippen molar-refractivity contribution in [3.8, 4) is 0 Å². The first-order valence-corrected chi connectivity index (χ1v) is 5.88. The predicted octanol–water partition coefficient (Wildman–Crippen LogP) is 0.745. The minimum atomic E-state index is -0.481. The third-order valence-electron chi connectivity index (χ3n) is 2.65. The van der Waals surface area contributed by atoms with Crippen molar-refractivity contribution in [3.05, 3.63) is 35.9 Å². The van der Waals surface area contributed by atoms with Gasteiger partial charge in [0, 0.05) is 13.1 Å². The van der Waals surface area contributed by atoms with Crippen LogP contribution >= 0.6 is 0 Å². The van der Waals surface area contributed by atoms with Crippen LogP contribution in [0.5, 0.6) is 0 Å². The van der Waals surface area contributed by atoms with Crippen molar-refractivity contribution in [2.75, 3.05) is 13.2 Å². The molecule has 0 radical (unpaired) electrons. The van der Waals surface area contributed by atoms with E-state index in [1.54, 1.807) is 4.90 Å². The normalized spacial score (nSPS) is 12.2. The standard InChI is InChI=1S/C13H20N2O2/c1-2-12(14)13(17)15(8-9-16)10-11-6-4-3-5-7-11/h3-7,12,16H,2,8-10,14H2,1H3. The molecule has 1 aromatic carbocycles. The molecule has 1 amide bonds. The topological polar surface area (TPSA) is 66.6 Å². The highest BCUT2D eigenvalue weighted by atomic mass is 16.3. The summed E-state index contributed by atoms with van der Waals surface area (Å²) in [5.41, 5.74) is 6.77. The summed E-state index contributed by atoms with van der Waals surface area (Å²) in [6, 6.07) is 9.21. The van der Waals surface area contributed by atoms with Gasteiger partial charge in [-0.2, -0.15) is 0 Å². The molecule has 1 unspecified atom stereocenters. The molecule has 0 aliphatic heterocycles. The van der Waals surface area contributed by atoms with Crippen molar-refractivity contribution < 1.29 is 9.90 Å². The number of hydrogen-bond donors (Lipinski definition) is 2. The fourth-order valence-corrected chi connectivity index (χ4v) is 1.60. The maximum atomic E-state index is 12.0. The van der Waals surface area contributed by atoms with Crippen LogP contribution in [0.3, 0.4) is 0 Å². The van der Waals surface area contributed by atoms with Gasteiger partial charge < -0.3 is 15.7 Å². The van der Waals surface area contributed by atoms with E-state index in [1.807, 2.05) is 37.3 Å². The number of nitrogens with zero attached hydrogens (tertiary/aromatic N) is 1. The SMILES string of the molecule is CCC(N)C(=O)N(CCO)Cc1ccccc1. The molecule has 0 aromatic heterocycles. The molecule has 4 heteroatoms. The number of amides is 1. The van der Waals surface area contributed by atoms with Crippen molar-refractivity contribution in [3.63, 3.8) is 0 Å². The molecule has 17 heavy (non-hydrogen) atoms. The molecule has 1 atom stereocenters. The Balaban J connectivity index is 2.69. The molecule has 94 valence electrons. The monoisotopic (exact) mass is 236 g/mol. The smallest absolute Gasteiger partial charge is 0.239 e. The van der Waals surface area contributed by atoms with Crippen LogP contribution in [-0.4, -0.2) is 35.1 Å². The van der Waals surface area contributed by atoms with Crippen molar-refractivity contribution in [1.29, 1.82) is 0 Å². The predicted molar refractivity (Wildman–Crippen MR) is 67.2 cm³/mol. The summed E-state index contributed by atoms with van der Waals surface area (Å²) in [7, 11) is 0. The lowest BCUT2D eigenvalue weighted by Gasteiger charge is -2.24. The van der Waals surface area contributed by atoms with Crippen molar-refractivity contribution in [1.82, 2.24) is 4.90 Å². The van der Waals surface area contributed by atoms with E-state index in [1.165, 1.54) is 0 Å². The lowest BCUT2D eigenvalue weighted by atomic mass is 10.1. The molecule has 0 saturated heterocycles. The third kappa shape index (κ3) is 4.17. The summed E-state index contributed by atoms with van der Waals surface area (Å²) < 4.78 is 0. The number of carbonyl (C=O) groups excluding carboxylic acids is 1. The van der Waals surface area contributed by atoms with E-state index in [4.69, 9.17) is 10.8 Å². The Morgan fingerprint density at radius 2 is 2.06 bits per heavy atom. The van der Waals surface area contributed by atoms with Crippen LogP contribution in [0.4, 0.5) is 0 Å². The van der Waals surface area contributed by atoms with Gasteiger partial charge in [-0.25, -0.2) is 0 Å². The van der Waals surface area contributed by atoms with E-state index in [0.717, 1.165) is 5.56 Å². The molecule has 0 spiro atoms. The van der Waals surface area contributed by atoms with Gasteiger partial charge in [0.2, 0.25) is 5.91 Å². The molecular weight excluding hydrogens is 216 g/mol. The number of carbonyl (C=O) groups is 1. The first kappa shape index (κ1) is 13.7. The molecule has 0 saturated carbocycles. The van der Waals surface area contributed by atoms with E-state index >= 15 is 0 Å². The average molecular weight is 236 g/mol. The zero-order chi connectivity index (χ0) is 12.7. The fourth-order valence-electron chi connectivity index (χ4n) is 1.60. The molecule has 0 bridgehead atoms. The quantitative estimate of drug-likeness (QED) is 0.765. The molecule has 1 rings (SSSR count). The highest BCUT2D eigenvalue weighted by molar-refractivity contribution is 5.81. The Morgan fingerprint density at radius 3 is 2.59 bits per heavy atom. The number of benzene rings is 1. The van der Waals surface area contributed by atoms with E-state index in [-0.39, 0.29) is 12.5 Å². The van der Waals surface area contributed by atoms with E-state index in [2.05, 4.69) is 0 Å². The summed E-state index contributed by atoms with van der Waals surface area (Å²) in [5.74, 6) is -0.106. The van der Waals surface area contributed by atoms with Crippen LogP contribution < -0.4 is 5.73 Å². The van der Waals surface area contributed by atoms with Gasteiger partial charge >= 0.3 is 0 Å². The minimum Gasteiger partial charge on any atom is -0.395 e. The third-order valence-corrected chi connectivity index (χ3v) is 2.65. The fraction of sp³-hybridized carbons (Fsp3) is 0.462. The molecule has 0 aliphatic carbocycles. The lowest BCUT2D eigenvalue weighted by molar-refractivity contribution is -0.133. The Kier molecular flexibility index (Phi) is 5.66. The summed E-state index contributed by atoms with van der Waals surface area (Å²) in [5, 5.41) is 8.98.